The van der Waals surface area contributed by atoms with Gasteiger partial charge in [0.25, 0.3) is 5.56 Å². The zero-order valence-corrected chi connectivity index (χ0v) is 17.6. The van der Waals surface area contributed by atoms with Crippen LogP contribution in [0.1, 0.15) is 20.8 Å². The highest BCUT2D eigenvalue weighted by Gasteiger charge is 2.24. The van der Waals surface area contributed by atoms with Gasteiger partial charge in [0.1, 0.15) is 17.2 Å². The number of hydrogen-bond donors (Lipinski definition) is 1. The van der Waals surface area contributed by atoms with Crippen LogP contribution in [0.3, 0.4) is 0 Å². The van der Waals surface area contributed by atoms with E-state index in [-0.39, 0.29) is 11.5 Å². The van der Waals surface area contributed by atoms with Gasteiger partial charge >= 0.3 is 11.7 Å². The maximum atomic E-state index is 13.3. The molecule has 2 N–H and O–H groups in total. The lowest BCUT2D eigenvalue weighted by Crippen LogP contribution is -2.42. The third-order valence-corrected chi connectivity index (χ3v) is 5.18. The van der Waals surface area contributed by atoms with Crippen LogP contribution in [0.4, 0.5) is 10.2 Å². The van der Waals surface area contributed by atoms with Gasteiger partial charge in [0.15, 0.2) is 17.5 Å². The average molecular weight is 447 g/mol. The number of nitrogens with zero attached hydrogens (tertiary/aromatic N) is 4. The van der Waals surface area contributed by atoms with E-state index in [0.29, 0.717) is 10.8 Å². The Morgan fingerprint density at radius 2 is 1.81 bits per heavy atom. The van der Waals surface area contributed by atoms with Gasteiger partial charge < -0.3 is 10.5 Å². The molecule has 0 fully saturated rings. The van der Waals surface area contributed by atoms with E-state index in [1.54, 1.807) is 6.26 Å². The highest BCUT2D eigenvalue weighted by atomic mass is 32.2. The quantitative estimate of drug-likeness (QED) is 0.333. The van der Waals surface area contributed by atoms with Gasteiger partial charge in [0, 0.05) is 19.8 Å². The molecule has 0 aliphatic heterocycles. The van der Waals surface area contributed by atoms with Gasteiger partial charge in [-0.25, -0.2) is 19.0 Å². The van der Waals surface area contributed by atoms with Gasteiger partial charge in [0.05, 0.1) is 6.20 Å². The molecule has 12 heteroatoms. The predicted molar refractivity (Wildman–Crippen MR) is 111 cm³/mol. The molecule has 0 saturated carbocycles. The van der Waals surface area contributed by atoms with Crippen molar-refractivity contribution in [2.24, 2.45) is 14.1 Å². The Balaban J connectivity index is 1.88. The van der Waals surface area contributed by atoms with Gasteiger partial charge in [-0.2, -0.15) is 0 Å². The second-order valence-corrected chi connectivity index (χ2v) is 7.18. The summed E-state index contributed by atoms with van der Waals surface area (Å²) in [5.41, 5.74) is 4.19. The molecule has 3 aromatic rings. The number of ether oxygens (including phenoxy) is 1. The molecule has 0 spiro atoms. The molecule has 0 aliphatic carbocycles. The van der Waals surface area contributed by atoms with Gasteiger partial charge in [-0.15, -0.1) is 0 Å². The van der Waals surface area contributed by atoms with Crippen LogP contribution in [0.2, 0.25) is 0 Å². The second kappa shape index (κ2) is 8.60. The number of benzene rings is 1. The maximum Gasteiger partial charge on any atom is 0.357 e. The Morgan fingerprint density at radius 1 is 1.16 bits per heavy atom. The van der Waals surface area contributed by atoms with Gasteiger partial charge in [0.2, 0.25) is 5.78 Å². The van der Waals surface area contributed by atoms with Crippen molar-refractivity contribution in [2.75, 3.05) is 18.6 Å². The van der Waals surface area contributed by atoms with Crippen LogP contribution in [0, 0.1) is 5.82 Å². The summed E-state index contributed by atoms with van der Waals surface area (Å²) in [7, 11) is 2.52. The van der Waals surface area contributed by atoms with Crippen LogP contribution < -0.4 is 17.0 Å². The van der Waals surface area contributed by atoms with Crippen LogP contribution >= 0.6 is 11.8 Å². The second-order valence-electron chi connectivity index (χ2n) is 6.41. The van der Waals surface area contributed by atoms with Gasteiger partial charge in [-0.05, 0) is 30.5 Å². The highest BCUT2D eigenvalue weighted by Crippen LogP contribution is 2.22. The predicted octanol–water partition coefficient (Wildman–Crippen LogP) is 0.753. The van der Waals surface area contributed by atoms with Crippen molar-refractivity contribution < 1.29 is 18.7 Å². The van der Waals surface area contributed by atoms with Crippen LogP contribution in [-0.2, 0) is 18.8 Å². The fourth-order valence-corrected chi connectivity index (χ4v) is 3.41. The summed E-state index contributed by atoms with van der Waals surface area (Å²) in [5.74, 6) is -2.51. The Labute approximate surface area is 179 Å². The van der Waals surface area contributed by atoms with E-state index in [4.69, 9.17) is 10.5 Å². The first-order valence-electron chi connectivity index (χ1n) is 8.80. The third-order valence-electron chi connectivity index (χ3n) is 4.53. The van der Waals surface area contributed by atoms with E-state index >= 15 is 0 Å². The lowest BCUT2D eigenvalue weighted by atomic mass is 10.2. The van der Waals surface area contributed by atoms with E-state index in [9.17, 15) is 23.6 Å². The molecule has 0 aliphatic rings. The van der Waals surface area contributed by atoms with Crippen molar-refractivity contribution in [3.8, 4) is 5.69 Å². The monoisotopic (exact) mass is 447 g/mol. The molecule has 2 aromatic heterocycles. The van der Waals surface area contributed by atoms with Gasteiger partial charge in [-0.1, -0.05) is 11.8 Å². The first kappa shape index (κ1) is 22.0. The van der Waals surface area contributed by atoms with Crippen molar-refractivity contribution >= 4 is 29.3 Å². The molecule has 0 atom stereocenters. The maximum absolute atomic E-state index is 13.3. The summed E-state index contributed by atoms with van der Waals surface area (Å²) < 4.78 is 21.5. The summed E-state index contributed by atoms with van der Waals surface area (Å²) in [6.07, 6.45) is 3.01. The van der Waals surface area contributed by atoms with Crippen molar-refractivity contribution in [3.63, 3.8) is 0 Å². The number of anilines is 1. The number of ketones is 1. The number of hydrogen-bond acceptors (Lipinski definition) is 8. The van der Waals surface area contributed by atoms with E-state index in [1.807, 2.05) is 0 Å². The van der Waals surface area contributed by atoms with Crippen molar-refractivity contribution in [1.82, 2.24) is 18.7 Å². The summed E-state index contributed by atoms with van der Waals surface area (Å²) in [4.78, 5) is 53.5. The molecule has 0 unspecified atom stereocenters. The number of nitrogens with two attached hydrogens (primary N) is 1. The standard InChI is InChI=1S/C19H18FN5O5S/c1-23-15(21)14(16(27)24(2)19(23)29)13(26)9-30-17(28)12-8-22-18(31-3)25(12)11-6-4-10(20)5-7-11/h4-8H,9,21H2,1-3H3. The minimum Gasteiger partial charge on any atom is -0.453 e. The lowest BCUT2D eigenvalue weighted by molar-refractivity contribution is 0.0465. The number of aromatic nitrogens is 4. The molecule has 162 valence electrons. The summed E-state index contributed by atoms with van der Waals surface area (Å²) in [6.45, 7) is -0.778. The Bertz CT molecular complexity index is 1290. The van der Waals surface area contributed by atoms with Crippen LogP contribution in [0.5, 0.6) is 0 Å². The Kier molecular flexibility index (Phi) is 6.11. The van der Waals surface area contributed by atoms with E-state index in [0.717, 1.165) is 9.13 Å². The zero-order valence-electron chi connectivity index (χ0n) is 16.8. The first-order chi connectivity index (χ1) is 14.7. The third kappa shape index (κ3) is 4.01. The number of carbonyl (C=O) groups excluding carboxylic acids is 2. The lowest BCUT2D eigenvalue weighted by Gasteiger charge is -2.12. The number of Topliss-reactive ketones (excluding diaryl/α,β-unsaturated/α-hetero) is 1. The molecular weight excluding hydrogens is 429 g/mol. The Morgan fingerprint density at radius 3 is 2.42 bits per heavy atom. The summed E-state index contributed by atoms with van der Waals surface area (Å²) in [5, 5.41) is 0.445. The van der Waals surface area contributed by atoms with Gasteiger partial charge in [-0.3, -0.25) is 23.3 Å². The largest absolute Gasteiger partial charge is 0.453 e. The topological polar surface area (TPSA) is 131 Å². The molecule has 1 aromatic carbocycles. The number of carbonyl (C=O) groups is 2. The fourth-order valence-electron chi connectivity index (χ4n) is 2.86. The molecule has 3 rings (SSSR count). The molecule has 0 saturated heterocycles. The normalized spacial score (nSPS) is 10.8. The van der Waals surface area contributed by atoms with Crippen molar-refractivity contribution in [2.45, 2.75) is 5.16 Å². The van der Waals surface area contributed by atoms with Crippen LogP contribution in [0.25, 0.3) is 5.69 Å². The van der Waals surface area contributed by atoms with E-state index in [2.05, 4.69) is 4.98 Å². The molecule has 10 nitrogen and oxygen atoms in total. The first-order valence-corrected chi connectivity index (χ1v) is 10.0. The molecule has 31 heavy (non-hydrogen) atoms. The van der Waals surface area contributed by atoms with E-state index in [1.165, 1.54) is 60.9 Å². The highest BCUT2D eigenvalue weighted by molar-refractivity contribution is 7.98. The molecule has 0 bridgehead atoms. The molecule has 2 heterocycles. The van der Waals surface area contributed by atoms with E-state index < -0.39 is 41.0 Å². The number of nitrogen functional groups attached to an aromatic ring is 1. The minimum atomic E-state index is -0.886. The van der Waals surface area contributed by atoms with Crippen LogP contribution in [-0.4, -0.2) is 43.3 Å². The van der Waals surface area contributed by atoms with Crippen molar-refractivity contribution in [1.29, 1.82) is 0 Å². The number of thioether (sulfide) groups is 1. The minimum absolute atomic E-state index is 0.00472. The average Bonchev–Trinajstić information content (AvgIpc) is 3.19. The number of imidazole rings is 1. The number of rotatable bonds is 6. The number of halogens is 1. The molecule has 0 radical (unpaired) electrons. The molecular formula is C19H18FN5O5S. The summed E-state index contributed by atoms with van der Waals surface area (Å²) >= 11 is 1.25. The van der Waals surface area contributed by atoms with Crippen molar-refractivity contribution in [3.05, 3.63) is 68.4 Å². The Hall–Kier alpha value is -3.67. The summed E-state index contributed by atoms with van der Waals surface area (Å²) in [6, 6.07) is 5.40. The molecule has 0 amide bonds. The number of esters is 1. The fraction of sp³-hybridized carbons (Fsp3) is 0.211. The SMILES string of the molecule is CSc1ncc(C(=O)OCC(=O)c2c(N)n(C)c(=O)n(C)c2=O)n1-c1ccc(F)cc1. The van der Waals surface area contributed by atoms with Crippen LogP contribution in [0.15, 0.2) is 45.2 Å². The zero-order chi connectivity index (χ0) is 22.9. The smallest absolute Gasteiger partial charge is 0.357 e.